The molecule has 0 unspecified atom stereocenters. The molecule has 0 bridgehead atoms. The van der Waals surface area contributed by atoms with Crippen LogP contribution in [0.1, 0.15) is 12.5 Å². The van der Waals surface area contributed by atoms with Crippen LogP contribution < -0.4 is 4.74 Å². The minimum atomic E-state index is -3.05. The molecule has 7 heteroatoms. The highest BCUT2D eigenvalue weighted by molar-refractivity contribution is 5.29. The standard InChI is InChI=1S/C14H18F3NO3/c1-9-8-20-11(7-19)6-18(9)5-10-2-3-13(12(15)4-10)21-14(16)17/h2-4,9,11,14,19H,5-8H2,1H3/t9-,11+/m1/s1. The molecule has 1 saturated heterocycles. The molecule has 1 aromatic carbocycles. The van der Waals surface area contributed by atoms with Crippen molar-refractivity contribution in [2.75, 3.05) is 19.8 Å². The Hall–Kier alpha value is -1.31. The molecule has 0 spiro atoms. The van der Waals surface area contributed by atoms with Crippen molar-refractivity contribution in [2.45, 2.75) is 32.2 Å². The molecular weight excluding hydrogens is 287 g/mol. The molecule has 4 nitrogen and oxygen atoms in total. The van der Waals surface area contributed by atoms with Crippen molar-refractivity contribution in [3.63, 3.8) is 0 Å². The fourth-order valence-corrected chi connectivity index (χ4v) is 2.27. The Balaban J connectivity index is 2.03. The molecule has 1 aliphatic heterocycles. The summed E-state index contributed by atoms with van der Waals surface area (Å²) in [5.41, 5.74) is 0.652. The van der Waals surface area contributed by atoms with Crippen molar-refractivity contribution in [3.05, 3.63) is 29.6 Å². The monoisotopic (exact) mass is 305 g/mol. The van der Waals surface area contributed by atoms with E-state index in [4.69, 9.17) is 9.84 Å². The third-order valence-corrected chi connectivity index (χ3v) is 3.44. The number of ether oxygens (including phenoxy) is 2. The van der Waals surface area contributed by atoms with Crippen LogP contribution in [-0.4, -0.2) is 48.5 Å². The van der Waals surface area contributed by atoms with E-state index >= 15 is 0 Å². The lowest BCUT2D eigenvalue weighted by Crippen LogP contribution is -2.48. The summed E-state index contributed by atoms with van der Waals surface area (Å²) >= 11 is 0. The Morgan fingerprint density at radius 1 is 1.48 bits per heavy atom. The molecule has 0 saturated carbocycles. The molecule has 118 valence electrons. The summed E-state index contributed by atoms with van der Waals surface area (Å²) in [7, 11) is 0. The van der Waals surface area contributed by atoms with E-state index in [1.807, 2.05) is 11.8 Å². The van der Waals surface area contributed by atoms with Gasteiger partial charge in [-0.3, -0.25) is 4.90 Å². The van der Waals surface area contributed by atoms with E-state index in [1.165, 1.54) is 12.1 Å². The number of alkyl halides is 2. The van der Waals surface area contributed by atoms with E-state index in [9.17, 15) is 13.2 Å². The van der Waals surface area contributed by atoms with Gasteiger partial charge in [-0.1, -0.05) is 6.07 Å². The largest absolute Gasteiger partial charge is 0.432 e. The van der Waals surface area contributed by atoms with E-state index in [2.05, 4.69) is 4.74 Å². The molecule has 0 aromatic heterocycles. The van der Waals surface area contributed by atoms with Crippen LogP contribution in [0.5, 0.6) is 5.75 Å². The Morgan fingerprint density at radius 3 is 2.86 bits per heavy atom. The average molecular weight is 305 g/mol. The van der Waals surface area contributed by atoms with E-state index in [0.29, 0.717) is 25.3 Å². The lowest BCUT2D eigenvalue weighted by atomic mass is 10.1. The molecule has 21 heavy (non-hydrogen) atoms. The molecule has 1 fully saturated rings. The Bertz CT molecular complexity index is 473. The fourth-order valence-electron chi connectivity index (χ4n) is 2.27. The number of halogens is 3. The number of aliphatic hydroxyl groups is 1. The van der Waals surface area contributed by atoms with Gasteiger partial charge in [0, 0.05) is 19.1 Å². The Morgan fingerprint density at radius 2 is 2.24 bits per heavy atom. The highest BCUT2D eigenvalue weighted by Crippen LogP contribution is 2.22. The molecule has 2 rings (SSSR count). The zero-order valence-corrected chi connectivity index (χ0v) is 11.6. The summed E-state index contributed by atoms with van der Waals surface area (Å²) in [5, 5.41) is 9.13. The number of rotatable bonds is 5. The topological polar surface area (TPSA) is 41.9 Å². The molecule has 1 aliphatic rings. The van der Waals surface area contributed by atoms with Crippen LogP contribution in [0.2, 0.25) is 0 Å². The summed E-state index contributed by atoms with van der Waals surface area (Å²) in [5.74, 6) is -1.27. The predicted molar refractivity (Wildman–Crippen MR) is 69.7 cm³/mol. The first-order valence-electron chi connectivity index (χ1n) is 6.69. The van der Waals surface area contributed by atoms with E-state index in [0.717, 1.165) is 0 Å². The third kappa shape index (κ3) is 4.33. The van der Waals surface area contributed by atoms with Crippen LogP contribution in [-0.2, 0) is 11.3 Å². The average Bonchev–Trinajstić information content (AvgIpc) is 2.44. The van der Waals surface area contributed by atoms with Crippen molar-refractivity contribution in [3.8, 4) is 5.75 Å². The number of nitrogens with zero attached hydrogens (tertiary/aromatic N) is 1. The van der Waals surface area contributed by atoms with E-state index < -0.39 is 18.2 Å². The Kier molecular flexibility index (Phi) is 5.44. The highest BCUT2D eigenvalue weighted by atomic mass is 19.3. The second-order valence-electron chi connectivity index (χ2n) is 5.06. The van der Waals surface area contributed by atoms with Gasteiger partial charge in [0.15, 0.2) is 11.6 Å². The van der Waals surface area contributed by atoms with Crippen molar-refractivity contribution < 1.29 is 27.8 Å². The first-order chi connectivity index (χ1) is 9.99. The van der Waals surface area contributed by atoms with Crippen LogP contribution in [0.15, 0.2) is 18.2 Å². The van der Waals surface area contributed by atoms with E-state index in [1.54, 1.807) is 6.07 Å². The summed E-state index contributed by atoms with van der Waals surface area (Å²) < 4.78 is 47.3. The van der Waals surface area contributed by atoms with Gasteiger partial charge in [0.05, 0.1) is 19.3 Å². The minimum absolute atomic E-state index is 0.0707. The maximum absolute atomic E-state index is 13.7. The maximum atomic E-state index is 13.7. The number of benzene rings is 1. The number of morpholine rings is 1. The lowest BCUT2D eigenvalue weighted by Gasteiger charge is -2.37. The molecular formula is C14H18F3NO3. The number of aliphatic hydroxyl groups excluding tert-OH is 1. The third-order valence-electron chi connectivity index (χ3n) is 3.44. The SMILES string of the molecule is C[C@@H]1CO[C@H](CO)CN1Cc1ccc(OC(F)F)c(F)c1. The van der Waals surface area contributed by atoms with Gasteiger partial charge in [0.25, 0.3) is 0 Å². The van der Waals surface area contributed by atoms with Crippen LogP contribution in [0, 0.1) is 5.82 Å². The van der Waals surface area contributed by atoms with Gasteiger partial charge >= 0.3 is 6.61 Å². The number of hydrogen-bond acceptors (Lipinski definition) is 4. The molecule has 0 aliphatic carbocycles. The van der Waals surface area contributed by atoms with Crippen LogP contribution in [0.4, 0.5) is 13.2 Å². The lowest BCUT2D eigenvalue weighted by molar-refractivity contribution is -0.0806. The zero-order chi connectivity index (χ0) is 15.4. The summed E-state index contributed by atoms with van der Waals surface area (Å²) in [6.45, 7) is 0.327. The van der Waals surface area contributed by atoms with Gasteiger partial charge in [-0.05, 0) is 24.6 Å². The second-order valence-corrected chi connectivity index (χ2v) is 5.06. The molecule has 1 aromatic rings. The van der Waals surface area contributed by atoms with Crippen molar-refractivity contribution in [2.24, 2.45) is 0 Å². The first-order valence-corrected chi connectivity index (χ1v) is 6.69. The van der Waals surface area contributed by atoms with Crippen molar-refractivity contribution >= 4 is 0 Å². The van der Waals surface area contributed by atoms with Crippen LogP contribution in [0.25, 0.3) is 0 Å². The quantitative estimate of drug-likeness (QED) is 0.903. The maximum Gasteiger partial charge on any atom is 0.387 e. The van der Waals surface area contributed by atoms with Crippen LogP contribution in [0.3, 0.4) is 0 Å². The summed E-state index contributed by atoms with van der Waals surface area (Å²) in [4.78, 5) is 2.05. The fraction of sp³-hybridized carbons (Fsp3) is 0.571. The van der Waals surface area contributed by atoms with Crippen LogP contribution >= 0.6 is 0 Å². The van der Waals surface area contributed by atoms with E-state index in [-0.39, 0.29) is 18.8 Å². The zero-order valence-electron chi connectivity index (χ0n) is 11.6. The van der Waals surface area contributed by atoms with Gasteiger partial charge in [-0.2, -0.15) is 8.78 Å². The van der Waals surface area contributed by atoms with Gasteiger partial charge in [0.1, 0.15) is 0 Å². The first kappa shape index (κ1) is 16.1. The normalized spacial score (nSPS) is 23.5. The molecule has 1 heterocycles. The Labute approximate surface area is 121 Å². The molecule has 0 radical (unpaired) electrons. The number of hydrogen-bond donors (Lipinski definition) is 1. The minimum Gasteiger partial charge on any atom is -0.432 e. The molecule has 2 atom stereocenters. The molecule has 1 N–H and O–H groups in total. The highest BCUT2D eigenvalue weighted by Gasteiger charge is 2.25. The predicted octanol–water partition coefficient (Wildman–Crippen LogP) is 2.01. The second kappa shape index (κ2) is 7.11. The molecule has 0 amide bonds. The van der Waals surface area contributed by atoms with Gasteiger partial charge in [-0.15, -0.1) is 0 Å². The summed E-state index contributed by atoms with van der Waals surface area (Å²) in [6.07, 6.45) is -0.257. The van der Waals surface area contributed by atoms with Crippen molar-refractivity contribution in [1.82, 2.24) is 4.90 Å². The van der Waals surface area contributed by atoms with Gasteiger partial charge < -0.3 is 14.6 Å². The summed E-state index contributed by atoms with van der Waals surface area (Å²) in [6, 6.07) is 4.07. The van der Waals surface area contributed by atoms with Gasteiger partial charge in [-0.25, -0.2) is 4.39 Å². The van der Waals surface area contributed by atoms with Gasteiger partial charge in [0.2, 0.25) is 0 Å². The van der Waals surface area contributed by atoms with Crippen molar-refractivity contribution in [1.29, 1.82) is 0 Å². The smallest absolute Gasteiger partial charge is 0.387 e.